The summed E-state index contributed by atoms with van der Waals surface area (Å²) in [6.07, 6.45) is 4.96. The van der Waals surface area contributed by atoms with Gasteiger partial charge in [-0.25, -0.2) is 0 Å². The van der Waals surface area contributed by atoms with Crippen molar-refractivity contribution in [2.24, 2.45) is 11.7 Å². The van der Waals surface area contributed by atoms with E-state index in [1.165, 1.54) is 5.57 Å². The molecule has 3 atom stereocenters. The molecule has 3 unspecified atom stereocenters. The van der Waals surface area contributed by atoms with E-state index in [0.717, 1.165) is 32.2 Å². The highest BCUT2D eigenvalue weighted by Crippen LogP contribution is 2.21. The molecule has 1 heterocycles. The maximum atomic E-state index is 12.3. The maximum absolute atomic E-state index is 12.3. The zero-order valence-electron chi connectivity index (χ0n) is 14.8. The van der Waals surface area contributed by atoms with Gasteiger partial charge in [-0.3, -0.25) is 10.1 Å². The molecule has 0 spiro atoms. The number of hydrogen-bond acceptors (Lipinski definition) is 5. The van der Waals surface area contributed by atoms with Gasteiger partial charge in [-0.05, 0) is 52.0 Å². The molecular weight excluding hydrogens is 294 g/mol. The molecule has 0 bridgehead atoms. The summed E-state index contributed by atoms with van der Waals surface area (Å²) < 4.78 is 5.32. The van der Waals surface area contributed by atoms with E-state index in [1.807, 2.05) is 25.7 Å². The lowest BCUT2D eigenvalue weighted by molar-refractivity contribution is -0.142. The van der Waals surface area contributed by atoms with Gasteiger partial charge < -0.3 is 20.5 Å². The van der Waals surface area contributed by atoms with Gasteiger partial charge in [0.2, 0.25) is 12.3 Å². The number of allylic oxidation sites excluding steroid dienone is 1. The highest BCUT2D eigenvalue weighted by atomic mass is 16.6. The number of carbonyl (C=O) groups is 1. The molecule has 6 heteroatoms. The Labute approximate surface area is 140 Å². The van der Waals surface area contributed by atoms with Gasteiger partial charge in [0.05, 0.1) is 13.2 Å². The van der Waals surface area contributed by atoms with Crippen LogP contribution in [0.5, 0.6) is 0 Å². The van der Waals surface area contributed by atoms with Crippen LogP contribution in [0.3, 0.4) is 0 Å². The Morgan fingerprint density at radius 2 is 2.26 bits per heavy atom. The van der Waals surface area contributed by atoms with E-state index >= 15 is 0 Å². The molecule has 134 valence electrons. The fraction of sp³-hybridized carbons (Fsp3) is 0.824. The number of hydrogen-bond donors (Lipinski definition) is 3. The Kier molecular flexibility index (Phi) is 9.40. The molecule has 1 aliphatic heterocycles. The summed E-state index contributed by atoms with van der Waals surface area (Å²) in [5, 5.41) is 12.5. The summed E-state index contributed by atoms with van der Waals surface area (Å²) in [6, 6.07) is 0.295. The lowest BCUT2D eigenvalue weighted by Gasteiger charge is -2.25. The number of ether oxygens (including phenoxy) is 1. The van der Waals surface area contributed by atoms with E-state index in [0.29, 0.717) is 19.2 Å². The Balaban J connectivity index is 2.27. The van der Waals surface area contributed by atoms with Gasteiger partial charge in [-0.15, -0.1) is 0 Å². The van der Waals surface area contributed by atoms with Crippen LogP contribution in [0.15, 0.2) is 11.6 Å². The van der Waals surface area contributed by atoms with Gasteiger partial charge >= 0.3 is 0 Å². The van der Waals surface area contributed by atoms with E-state index in [2.05, 4.69) is 11.4 Å². The van der Waals surface area contributed by atoms with Gasteiger partial charge in [0.1, 0.15) is 0 Å². The van der Waals surface area contributed by atoms with Gasteiger partial charge in [-0.2, -0.15) is 0 Å². The van der Waals surface area contributed by atoms with Crippen molar-refractivity contribution < 1.29 is 14.6 Å². The Hall–Kier alpha value is -0.950. The van der Waals surface area contributed by atoms with Gasteiger partial charge in [0, 0.05) is 12.6 Å². The van der Waals surface area contributed by atoms with Gasteiger partial charge in [0.15, 0.2) is 0 Å². The second-order valence-electron chi connectivity index (χ2n) is 6.60. The van der Waals surface area contributed by atoms with Crippen molar-refractivity contribution in [2.75, 3.05) is 26.2 Å². The summed E-state index contributed by atoms with van der Waals surface area (Å²) in [7, 11) is 0. The predicted molar refractivity (Wildman–Crippen MR) is 91.6 cm³/mol. The lowest BCUT2D eigenvalue weighted by atomic mass is 10.1. The van der Waals surface area contributed by atoms with Crippen molar-refractivity contribution in [1.29, 1.82) is 0 Å². The normalized spacial score (nSPS) is 20.4. The molecule has 1 amide bonds. The van der Waals surface area contributed by atoms with Gasteiger partial charge in [0.25, 0.3) is 0 Å². The van der Waals surface area contributed by atoms with Crippen LogP contribution in [-0.4, -0.2) is 54.6 Å². The number of likely N-dealkylation sites (tertiary alicyclic amines) is 1. The van der Waals surface area contributed by atoms with Crippen LogP contribution in [0, 0.1) is 5.92 Å². The Morgan fingerprint density at radius 3 is 2.91 bits per heavy atom. The molecule has 0 aliphatic carbocycles. The number of amides is 1. The molecule has 0 aromatic carbocycles. The third kappa shape index (κ3) is 7.92. The van der Waals surface area contributed by atoms with Crippen LogP contribution in [-0.2, 0) is 9.53 Å². The fourth-order valence-electron chi connectivity index (χ4n) is 3.01. The standard InChI is InChI=1S/C17H33N3O3/c1-13(2)10-14(3)12-23-17(22)19-11-16(21)20-9-5-7-15(20)6-4-8-18/h10,14-15,17,19,22H,4-9,11-12,18H2,1-3H3. The van der Waals surface area contributed by atoms with Crippen LogP contribution in [0.25, 0.3) is 0 Å². The van der Waals surface area contributed by atoms with Crippen molar-refractivity contribution in [3.63, 3.8) is 0 Å². The summed E-state index contributed by atoms with van der Waals surface area (Å²) in [5.74, 6) is 0.246. The third-order valence-corrected chi connectivity index (χ3v) is 4.00. The average molecular weight is 327 g/mol. The second kappa shape index (κ2) is 10.8. The summed E-state index contributed by atoms with van der Waals surface area (Å²) in [4.78, 5) is 14.2. The molecular formula is C17H33N3O3. The second-order valence-corrected chi connectivity index (χ2v) is 6.60. The SMILES string of the molecule is CC(C)=CC(C)COC(O)NCC(=O)N1CCCC1CCCN. The number of nitrogens with one attached hydrogen (secondary N) is 1. The number of nitrogens with two attached hydrogens (primary N) is 1. The summed E-state index contributed by atoms with van der Waals surface area (Å²) in [6.45, 7) is 8.05. The zero-order valence-corrected chi connectivity index (χ0v) is 14.8. The lowest BCUT2D eigenvalue weighted by Crippen LogP contribution is -2.44. The fourth-order valence-corrected chi connectivity index (χ4v) is 3.01. The van der Waals surface area contributed by atoms with Crippen LogP contribution in [0.4, 0.5) is 0 Å². The molecule has 0 aromatic rings. The van der Waals surface area contributed by atoms with E-state index < -0.39 is 6.41 Å². The molecule has 0 radical (unpaired) electrons. The summed E-state index contributed by atoms with van der Waals surface area (Å²) >= 11 is 0. The molecule has 1 aliphatic rings. The highest BCUT2D eigenvalue weighted by molar-refractivity contribution is 5.78. The first-order valence-electron chi connectivity index (χ1n) is 8.61. The van der Waals surface area contributed by atoms with Crippen molar-refractivity contribution in [3.05, 3.63) is 11.6 Å². The molecule has 1 saturated heterocycles. The molecule has 1 fully saturated rings. The summed E-state index contributed by atoms with van der Waals surface area (Å²) in [5.41, 5.74) is 6.76. The quantitative estimate of drug-likeness (QED) is 0.414. The first-order valence-corrected chi connectivity index (χ1v) is 8.61. The van der Waals surface area contributed by atoms with Crippen molar-refractivity contribution in [2.45, 2.75) is 58.9 Å². The van der Waals surface area contributed by atoms with Crippen molar-refractivity contribution in [1.82, 2.24) is 10.2 Å². The van der Waals surface area contributed by atoms with Crippen LogP contribution in [0.2, 0.25) is 0 Å². The average Bonchev–Trinajstić information content (AvgIpc) is 2.96. The number of aliphatic hydroxyl groups is 1. The molecule has 0 saturated carbocycles. The highest BCUT2D eigenvalue weighted by Gasteiger charge is 2.28. The first-order chi connectivity index (χ1) is 10.9. The van der Waals surface area contributed by atoms with Gasteiger partial charge in [-0.1, -0.05) is 18.6 Å². The topological polar surface area (TPSA) is 87.8 Å². The first kappa shape index (κ1) is 20.1. The molecule has 23 heavy (non-hydrogen) atoms. The smallest absolute Gasteiger partial charge is 0.236 e. The molecule has 4 N–H and O–H groups in total. The molecule has 0 aromatic heterocycles. The zero-order chi connectivity index (χ0) is 17.2. The minimum absolute atomic E-state index is 0.0181. The number of rotatable bonds is 10. The third-order valence-electron chi connectivity index (χ3n) is 4.00. The van der Waals surface area contributed by atoms with Crippen molar-refractivity contribution in [3.8, 4) is 0 Å². The Bertz CT molecular complexity index is 383. The van der Waals surface area contributed by atoms with Crippen molar-refractivity contribution >= 4 is 5.91 Å². The molecule has 1 rings (SSSR count). The van der Waals surface area contributed by atoms with E-state index in [4.69, 9.17) is 10.5 Å². The minimum Gasteiger partial charge on any atom is -0.356 e. The van der Waals surface area contributed by atoms with E-state index in [1.54, 1.807) is 0 Å². The number of aliphatic hydroxyl groups excluding tert-OH is 1. The predicted octanol–water partition coefficient (Wildman–Crippen LogP) is 1.20. The molecule has 6 nitrogen and oxygen atoms in total. The number of nitrogens with zero attached hydrogens (tertiary/aromatic N) is 1. The largest absolute Gasteiger partial charge is 0.356 e. The van der Waals surface area contributed by atoms with Crippen LogP contribution in [0.1, 0.15) is 46.5 Å². The van der Waals surface area contributed by atoms with E-state index in [9.17, 15) is 9.90 Å². The van der Waals surface area contributed by atoms with Crippen LogP contribution < -0.4 is 11.1 Å². The minimum atomic E-state index is -1.11. The Morgan fingerprint density at radius 1 is 1.52 bits per heavy atom. The monoisotopic (exact) mass is 327 g/mol. The van der Waals surface area contributed by atoms with E-state index in [-0.39, 0.29) is 18.4 Å². The maximum Gasteiger partial charge on any atom is 0.236 e. The van der Waals surface area contributed by atoms with Crippen LogP contribution >= 0.6 is 0 Å². The number of carbonyl (C=O) groups excluding carboxylic acids is 1.